The summed E-state index contributed by atoms with van der Waals surface area (Å²) >= 11 is 0. The average Bonchev–Trinajstić information content (AvgIpc) is 3.17. The van der Waals surface area contributed by atoms with Crippen LogP contribution in [0.3, 0.4) is 0 Å². The topological polar surface area (TPSA) is 70.2 Å². The van der Waals surface area contributed by atoms with Crippen molar-refractivity contribution >= 4 is 17.5 Å². The fraction of sp³-hybridized carbons (Fsp3) is 0.615. The van der Waals surface area contributed by atoms with Gasteiger partial charge in [-0.3, -0.25) is 4.79 Å². The standard InChI is InChI=1S/C13H21N5O/c1-9-16-11(8-12(17-9)18(2)3)14-6-7-15-13(19)10-4-5-10/h8,10H,4-7H2,1-3H3,(H,15,19)(H,14,16,17). The van der Waals surface area contributed by atoms with Gasteiger partial charge in [-0.25, -0.2) is 9.97 Å². The molecule has 2 rings (SSSR count). The molecule has 1 aliphatic carbocycles. The highest BCUT2D eigenvalue weighted by atomic mass is 16.2. The maximum atomic E-state index is 11.4. The van der Waals surface area contributed by atoms with Crippen molar-refractivity contribution in [3.05, 3.63) is 11.9 Å². The van der Waals surface area contributed by atoms with Crippen molar-refractivity contribution in [2.24, 2.45) is 5.92 Å². The van der Waals surface area contributed by atoms with Crippen LogP contribution >= 0.6 is 0 Å². The first kappa shape index (κ1) is 13.6. The first-order chi connectivity index (χ1) is 9.06. The summed E-state index contributed by atoms with van der Waals surface area (Å²) < 4.78 is 0. The van der Waals surface area contributed by atoms with Gasteiger partial charge in [-0.1, -0.05) is 0 Å². The number of anilines is 2. The van der Waals surface area contributed by atoms with E-state index in [0.29, 0.717) is 13.1 Å². The second kappa shape index (κ2) is 5.86. The number of nitrogens with one attached hydrogen (secondary N) is 2. The van der Waals surface area contributed by atoms with Gasteiger partial charge in [0.15, 0.2) is 0 Å². The van der Waals surface area contributed by atoms with Crippen LogP contribution in [-0.2, 0) is 4.79 Å². The van der Waals surface area contributed by atoms with Crippen molar-refractivity contribution in [1.82, 2.24) is 15.3 Å². The minimum Gasteiger partial charge on any atom is -0.368 e. The summed E-state index contributed by atoms with van der Waals surface area (Å²) in [5.41, 5.74) is 0. The van der Waals surface area contributed by atoms with E-state index in [1.54, 1.807) is 0 Å². The molecule has 0 atom stereocenters. The van der Waals surface area contributed by atoms with Gasteiger partial charge in [-0.05, 0) is 19.8 Å². The zero-order valence-electron chi connectivity index (χ0n) is 11.7. The fourth-order valence-electron chi connectivity index (χ4n) is 1.74. The fourth-order valence-corrected chi connectivity index (χ4v) is 1.74. The summed E-state index contributed by atoms with van der Waals surface area (Å²) in [6.07, 6.45) is 2.08. The highest BCUT2D eigenvalue weighted by Crippen LogP contribution is 2.28. The Balaban J connectivity index is 1.80. The summed E-state index contributed by atoms with van der Waals surface area (Å²) in [4.78, 5) is 22.0. The lowest BCUT2D eigenvalue weighted by Gasteiger charge is -2.14. The molecule has 0 bridgehead atoms. The molecule has 0 spiro atoms. The molecule has 2 N–H and O–H groups in total. The molecule has 104 valence electrons. The molecule has 1 aliphatic rings. The van der Waals surface area contributed by atoms with Crippen LogP contribution in [0.4, 0.5) is 11.6 Å². The smallest absolute Gasteiger partial charge is 0.223 e. The van der Waals surface area contributed by atoms with Gasteiger partial charge in [0.25, 0.3) is 0 Å². The van der Waals surface area contributed by atoms with Gasteiger partial charge in [0, 0.05) is 39.2 Å². The van der Waals surface area contributed by atoms with E-state index in [0.717, 1.165) is 30.3 Å². The molecule has 1 amide bonds. The van der Waals surface area contributed by atoms with Crippen LogP contribution in [0.5, 0.6) is 0 Å². The first-order valence-corrected chi connectivity index (χ1v) is 6.61. The molecule has 0 aromatic carbocycles. The van der Waals surface area contributed by atoms with Gasteiger partial charge >= 0.3 is 0 Å². The van der Waals surface area contributed by atoms with Gasteiger partial charge in [0.1, 0.15) is 17.5 Å². The second-order valence-corrected chi connectivity index (χ2v) is 5.05. The Hall–Kier alpha value is -1.85. The molecule has 19 heavy (non-hydrogen) atoms. The summed E-state index contributed by atoms with van der Waals surface area (Å²) in [7, 11) is 3.89. The summed E-state index contributed by atoms with van der Waals surface area (Å²) in [6, 6.07) is 1.90. The Morgan fingerprint density at radius 3 is 2.74 bits per heavy atom. The van der Waals surface area contributed by atoms with E-state index in [2.05, 4.69) is 20.6 Å². The Labute approximate surface area is 113 Å². The maximum absolute atomic E-state index is 11.4. The molecular weight excluding hydrogens is 242 g/mol. The van der Waals surface area contributed by atoms with Crippen molar-refractivity contribution in [3.63, 3.8) is 0 Å². The largest absolute Gasteiger partial charge is 0.368 e. The van der Waals surface area contributed by atoms with Crippen molar-refractivity contribution in [1.29, 1.82) is 0 Å². The predicted octanol–water partition coefficient (Wildman–Crippen LogP) is 0.789. The van der Waals surface area contributed by atoms with Crippen LogP contribution in [0.2, 0.25) is 0 Å². The molecule has 1 aromatic rings. The quantitative estimate of drug-likeness (QED) is 0.743. The van der Waals surface area contributed by atoms with Gasteiger partial charge in [-0.15, -0.1) is 0 Å². The molecule has 1 heterocycles. The number of nitrogens with zero attached hydrogens (tertiary/aromatic N) is 3. The average molecular weight is 263 g/mol. The number of carbonyl (C=O) groups is 1. The minimum atomic E-state index is 0.176. The Bertz CT molecular complexity index is 456. The molecule has 0 unspecified atom stereocenters. The third-order valence-electron chi connectivity index (χ3n) is 2.96. The highest BCUT2D eigenvalue weighted by molar-refractivity contribution is 5.80. The predicted molar refractivity (Wildman–Crippen MR) is 75.3 cm³/mol. The molecule has 1 aromatic heterocycles. The summed E-state index contributed by atoms with van der Waals surface area (Å²) in [5, 5.41) is 6.11. The molecule has 0 radical (unpaired) electrons. The van der Waals surface area contributed by atoms with Crippen LogP contribution in [0.15, 0.2) is 6.07 Å². The number of amides is 1. The molecule has 6 nitrogen and oxygen atoms in total. The molecule has 6 heteroatoms. The van der Waals surface area contributed by atoms with Gasteiger partial charge < -0.3 is 15.5 Å². The number of rotatable bonds is 6. The lowest BCUT2D eigenvalue weighted by molar-refractivity contribution is -0.122. The van der Waals surface area contributed by atoms with E-state index in [-0.39, 0.29) is 11.8 Å². The molecular formula is C13H21N5O. The Kier molecular flexibility index (Phi) is 4.19. The van der Waals surface area contributed by atoms with Crippen molar-refractivity contribution in [3.8, 4) is 0 Å². The Morgan fingerprint density at radius 1 is 1.37 bits per heavy atom. The molecule has 0 saturated heterocycles. The third-order valence-corrected chi connectivity index (χ3v) is 2.96. The lowest BCUT2D eigenvalue weighted by atomic mass is 10.4. The molecule has 1 fully saturated rings. The van der Waals surface area contributed by atoms with E-state index in [1.165, 1.54) is 0 Å². The van der Waals surface area contributed by atoms with Crippen molar-refractivity contribution in [2.45, 2.75) is 19.8 Å². The number of hydrogen-bond donors (Lipinski definition) is 2. The normalized spacial score (nSPS) is 14.1. The van der Waals surface area contributed by atoms with Gasteiger partial charge in [0.05, 0.1) is 0 Å². The van der Waals surface area contributed by atoms with E-state index in [1.807, 2.05) is 32.0 Å². The molecule has 1 saturated carbocycles. The van der Waals surface area contributed by atoms with Crippen molar-refractivity contribution in [2.75, 3.05) is 37.4 Å². The van der Waals surface area contributed by atoms with Gasteiger partial charge in [-0.2, -0.15) is 0 Å². The van der Waals surface area contributed by atoms with Crippen LogP contribution in [0, 0.1) is 12.8 Å². The van der Waals surface area contributed by atoms with E-state index in [4.69, 9.17) is 0 Å². The maximum Gasteiger partial charge on any atom is 0.223 e. The Morgan fingerprint density at radius 2 is 2.11 bits per heavy atom. The lowest BCUT2D eigenvalue weighted by Crippen LogP contribution is -2.30. The number of hydrogen-bond acceptors (Lipinski definition) is 5. The number of aryl methyl sites for hydroxylation is 1. The minimum absolute atomic E-state index is 0.176. The number of carbonyl (C=O) groups excluding carboxylic acids is 1. The highest BCUT2D eigenvalue weighted by Gasteiger charge is 2.28. The van der Waals surface area contributed by atoms with E-state index in [9.17, 15) is 4.79 Å². The zero-order chi connectivity index (χ0) is 13.8. The van der Waals surface area contributed by atoms with Gasteiger partial charge in [0.2, 0.25) is 5.91 Å². The SMILES string of the molecule is Cc1nc(NCCNC(=O)C2CC2)cc(N(C)C)n1. The van der Waals surface area contributed by atoms with E-state index < -0.39 is 0 Å². The zero-order valence-corrected chi connectivity index (χ0v) is 11.7. The van der Waals surface area contributed by atoms with Crippen LogP contribution in [0.25, 0.3) is 0 Å². The first-order valence-electron chi connectivity index (χ1n) is 6.61. The summed E-state index contributed by atoms with van der Waals surface area (Å²) in [6.45, 7) is 3.16. The van der Waals surface area contributed by atoms with Crippen LogP contribution in [0.1, 0.15) is 18.7 Å². The van der Waals surface area contributed by atoms with Crippen molar-refractivity contribution < 1.29 is 4.79 Å². The van der Waals surface area contributed by atoms with Crippen LogP contribution < -0.4 is 15.5 Å². The third kappa shape index (κ3) is 4.08. The molecule has 0 aliphatic heterocycles. The second-order valence-electron chi connectivity index (χ2n) is 5.05. The van der Waals surface area contributed by atoms with Crippen LogP contribution in [-0.4, -0.2) is 43.1 Å². The summed E-state index contributed by atoms with van der Waals surface area (Å²) in [5.74, 6) is 2.83. The van der Waals surface area contributed by atoms with E-state index >= 15 is 0 Å². The number of aromatic nitrogens is 2. The monoisotopic (exact) mass is 263 g/mol.